The molecule has 3 N–H and O–H groups in total. The third-order valence-corrected chi connectivity index (χ3v) is 5.26. The van der Waals surface area contributed by atoms with Crippen molar-refractivity contribution in [1.82, 2.24) is 19.5 Å². The summed E-state index contributed by atoms with van der Waals surface area (Å²) in [5.74, 6) is 0. The van der Waals surface area contributed by atoms with Gasteiger partial charge in [0.1, 0.15) is 35.8 Å². The molecule has 0 aliphatic carbocycles. The van der Waals surface area contributed by atoms with Crippen LogP contribution < -0.4 is 0 Å². The molecule has 136 valence electrons. The molecule has 0 radical (unpaired) electrons. The van der Waals surface area contributed by atoms with Crippen molar-refractivity contribution < 1.29 is 20.1 Å². The Bertz CT molecular complexity index is 917. The molecule has 4 rings (SSSR count). The van der Waals surface area contributed by atoms with Crippen LogP contribution in [0.25, 0.3) is 22.4 Å². The van der Waals surface area contributed by atoms with Crippen LogP contribution in [-0.2, 0) is 4.74 Å². The molecule has 0 saturated carbocycles. The first-order valence-electron chi connectivity index (χ1n) is 8.08. The van der Waals surface area contributed by atoms with Crippen molar-refractivity contribution in [2.75, 3.05) is 12.9 Å². The number of fused-ring (bicyclic) bond motifs is 1. The Morgan fingerprint density at radius 3 is 2.54 bits per heavy atom. The van der Waals surface area contributed by atoms with Gasteiger partial charge in [-0.05, 0) is 18.4 Å². The van der Waals surface area contributed by atoms with Crippen LogP contribution in [0.3, 0.4) is 0 Å². The van der Waals surface area contributed by atoms with Crippen LogP contribution in [0.1, 0.15) is 6.23 Å². The van der Waals surface area contributed by atoms with E-state index in [4.69, 9.17) is 4.74 Å². The molecule has 3 aromatic rings. The number of ether oxygens (including phenoxy) is 1. The highest BCUT2D eigenvalue weighted by Crippen LogP contribution is 2.33. The van der Waals surface area contributed by atoms with Gasteiger partial charge in [0.2, 0.25) is 0 Å². The first-order chi connectivity index (χ1) is 12.6. The summed E-state index contributed by atoms with van der Waals surface area (Å²) in [7, 11) is 0. The molecule has 0 bridgehead atoms. The number of imidazole rings is 1. The SMILES string of the molecule is CSc1ccc(-c2ncnc3c2ncn3C2O[C@H](CO)[C@@H](O)[C@H]2O)cc1. The quantitative estimate of drug-likeness (QED) is 0.576. The first kappa shape index (κ1) is 17.4. The molecule has 3 heterocycles. The number of hydrogen-bond acceptors (Lipinski definition) is 8. The number of thioether (sulfide) groups is 1. The van der Waals surface area contributed by atoms with Crippen LogP contribution in [0.15, 0.2) is 41.8 Å². The lowest BCUT2D eigenvalue weighted by Crippen LogP contribution is -2.33. The molecule has 1 aliphatic heterocycles. The summed E-state index contributed by atoms with van der Waals surface area (Å²) in [6, 6.07) is 7.96. The van der Waals surface area contributed by atoms with Gasteiger partial charge in [-0.2, -0.15) is 0 Å². The average molecular weight is 374 g/mol. The highest BCUT2D eigenvalue weighted by molar-refractivity contribution is 7.98. The molecule has 1 unspecified atom stereocenters. The second-order valence-corrected chi connectivity index (χ2v) is 6.88. The first-order valence-corrected chi connectivity index (χ1v) is 9.31. The Hall–Kier alpha value is -2.04. The van der Waals surface area contributed by atoms with Gasteiger partial charge in [0.05, 0.1) is 12.9 Å². The van der Waals surface area contributed by atoms with E-state index < -0.39 is 24.5 Å². The minimum absolute atomic E-state index is 0.386. The maximum Gasteiger partial charge on any atom is 0.166 e. The van der Waals surface area contributed by atoms with E-state index in [-0.39, 0.29) is 6.61 Å². The van der Waals surface area contributed by atoms with Crippen LogP contribution >= 0.6 is 11.8 Å². The van der Waals surface area contributed by atoms with Crippen molar-refractivity contribution in [2.24, 2.45) is 0 Å². The van der Waals surface area contributed by atoms with Crippen LogP contribution in [0.2, 0.25) is 0 Å². The van der Waals surface area contributed by atoms with Gasteiger partial charge in [0.15, 0.2) is 11.9 Å². The van der Waals surface area contributed by atoms with E-state index in [0.717, 1.165) is 10.5 Å². The summed E-state index contributed by atoms with van der Waals surface area (Å²) in [4.78, 5) is 14.2. The van der Waals surface area contributed by atoms with Crippen molar-refractivity contribution >= 4 is 22.9 Å². The van der Waals surface area contributed by atoms with Gasteiger partial charge in [-0.3, -0.25) is 4.57 Å². The third-order valence-electron chi connectivity index (χ3n) is 4.51. The molecule has 1 fully saturated rings. The van der Waals surface area contributed by atoms with Crippen molar-refractivity contribution in [3.05, 3.63) is 36.9 Å². The lowest BCUT2D eigenvalue weighted by atomic mass is 10.1. The molecular formula is C17H18N4O4S. The molecule has 26 heavy (non-hydrogen) atoms. The molecular weight excluding hydrogens is 356 g/mol. The number of benzene rings is 1. The standard InChI is InChI=1S/C17H18N4O4S/c1-26-10-4-2-9(3-5-10)12-13-16(19-7-18-12)21(8-20-13)17-15(24)14(23)11(6-22)25-17/h2-5,7-8,11,14-15,17,22-24H,6H2,1H3/t11-,14-,15-,17?/m1/s1. The third kappa shape index (κ3) is 2.78. The molecule has 8 nitrogen and oxygen atoms in total. The van der Waals surface area contributed by atoms with E-state index in [0.29, 0.717) is 16.9 Å². The fourth-order valence-corrected chi connectivity index (χ4v) is 3.52. The van der Waals surface area contributed by atoms with Gasteiger partial charge in [-0.25, -0.2) is 15.0 Å². The predicted molar refractivity (Wildman–Crippen MR) is 95.5 cm³/mol. The molecule has 9 heteroatoms. The van der Waals surface area contributed by atoms with Crippen molar-refractivity contribution in [3.8, 4) is 11.3 Å². The highest BCUT2D eigenvalue weighted by Gasteiger charge is 2.44. The number of hydrogen-bond donors (Lipinski definition) is 3. The Balaban J connectivity index is 1.76. The summed E-state index contributed by atoms with van der Waals surface area (Å²) >= 11 is 1.66. The smallest absolute Gasteiger partial charge is 0.166 e. The van der Waals surface area contributed by atoms with Gasteiger partial charge >= 0.3 is 0 Å². The second-order valence-electron chi connectivity index (χ2n) is 6.00. The summed E-state index contributed by atoms with van der Waals surface area (Å²) in [6.45, 7) is -0.386. The number of aliphatic hydroxyl groups excluding tert-OH is 3. The normalized spacial score (nSPS) is 25.8. The van der Waals surface area contributed by atoms with Gasteiger partial charge < -0.3 is 20.1 Å². The number of aromatic nitrogens is 4. The van der Waals surface area contributed by atoms with Crippen LogP contribution in [0, 0.1) is 0 Å². The van der Waals surface area contributed by atoms with Crippen LogP contribution in [0.4, 0.5) is 0 Å². The number of nitrogens with zero attached hydrogens (tertiary/aromatic N) is 4. The monoisotopic (exact) mass is 374 g/mol. The molecule has 1 saturated heterocycles. The van der Waals surface area contributed by atoms with Gasteiger partial charge in [0.25, 0.3) is 0 Å². The fraction of sp³-hybridized carbons (Fsp3) is 0.353. The Kier molecular flexibility index (Phi) is 4.63. The van der Waals surface area contributed by atoms with Gasteiger partial charge in [0, 0.05) is 10.5 Å². The molecule has 1 aliphatic rings. The molecule has 0 amide bonds. The van der Waals surface area contributed by atoms with Crippen LogP contribution in [-0.4, -0.2) is 66.0 Å². The van der Waals surface area contributed by atoms with Crippen molar-refractivity contribution in [1.29, 1.82) is 0 Å². The summed E-state index contributed by atoms with van der Waals surface area (Å²) in [6.07, 6.45) is 0.841. The molecule has 4 atom stereocenters. The minimum Gasteiger partial charge on any atom is -0.394 e. The van der Waals surface area contributed by atoms with Crippen molar-refractivity contribution in [3.63, 3.8) is 0 Å². The van der Waals surface area contributed by atoms with E-state index >= 15 is 0 Å². The van der Waals surface area contributed by atoms with E-state index in [9.17, 15) is 15.3 Å². The summed E-state index contributed by atoms with van der Waals surface area (Å²) in [5.41, 5.74) is 2.63. The highest BCUT2D eigenvalue weighted by atomic mass is 32.2. The zero-order chi connectivity index (χ0) is 18.3. The maximum absolute atomic E-state index is 10.3. The zero-order valence-corrected chi connectivity index (χ0v) is 14.7. The lowest BCUT2D eigenvalue weighted by Gasteiger charge is -2.16. The van der Waals surface area contributed by atoms with E-state index in [1.165, 1.54) is 12.7 Å². The molecule has 0 spiro atoms. The minimum atomic E-state index is -1.19. The van der Waals surface area contributed by atoms with Gasteiger partial charge in [-0.1, -0.05) is 12.1 Å². The largest absolute Gasteiger partial charge is 0.394 e. The topological polar surface area (TPSA) is 114 Å². The fourth-order valence-electron chi connectivity index (χ4n) is 3.11. The molecule has 1 aromatic carbocycles. The number of rotatable bonds is 4. The Morgan fingerprint density at radius 2 is 1.88 bits per heavy atom. The number of aliphatic hydroxyl groups is 3. The zero-order valence-electron chi connectivity index (χ0n) is 13.9. The Labute approximate surface area is 153 Å². The van der Waals surface area contributed by atoms with Crippen LogP contribution in [0.5, 0.6) is 0 Å². The van der Waals surface area contributed by atoms with E-state index in [1.54, 1.807) is 16.3 Å². The average Bonchev–Trinajstić information content (AvgIpc) is 3.23. The lowest BCUT2D eigenvalue weighted by molar-refractivity contribution is -0.0511. The summed E-state index contributed by atoms with van der Waals surface area (Å²) in [5, 5.41) is 29.5. The van der Waals surface area contributed by atoms with E-state index in [1.807, 2.05) is 30.5 Å². The van der Waals surface area contributed by atoms with E-state index in [2.05, 4.69) is 15.0 Å². The maximum atomic E-state index is 10.3. The predicted octanol–water partition coefficient (Wildman–Crippen LogP) is 0.827. The van der Waals surface area contributed by atoms with Gasteiger partial charge in [-0.15, -0.1) is 11.8 Å². The molecule has 2 aromatic heterocycles. The Morgan fingerprint density at radius 1 is 1.12 bits per heavy atom. The summed E-state index contributed by atoms with van der Waals surface area (Å²) < 4.78 is 7.13. The second kappa shape index (κ2) is 6.93. The van der Waals surface area contributed by atoms with Crippen molar-refractivity contribution in [2.45, 2.75) is 29.4 Å².